The Hall–Kier alpha value is -2.62. The molecule has 0 fully saturated rings. The first-order valence-electron chi connectivity index (χ1n) is 8.66. The van der Waals surface area contributed by atoms with Crippen molar-refractivity contribution in [2.45, 2.75) is 22.0 Å². The van der Waals surface area contributed by atoms with E-state index >= 15 is 0 Å². The Kier molecular flexibility index (Phi) is 6.11. The van der Waals surface area contributed by atoms with Crippen LogP contribution in [-0.2, 0) is 19.9 Å². The molecule has 1 N–H and O–H groups in total. The number of aromatic nitrogens is 1. The molecule has 6 nitrogen and oxygen atoms in total. The fraction of sp³-hybridized carbons (Fsp3) is 0.150. The van der Waals surface area contributed by atoms with Gasteiger partial charge in [-0.15, -0.1) is 0 Å². The molecule has 0 radical (unpaired) electrons. The molecule has 0 amide bonds. The van der Waals surface area contributed by atoms with Gasteiger partial charge in [-0.05, 0) is 55.0 Å². The van der Waals surface area contributed by atoms with E-state index in [1.807, 2.05) is 6.92 Å². The highest BCUT2D eigenvalue weighted by Gasteiger charge is 2.31. The third-order valence-corrected chi connectivity index (χ3v) is 7.92. The fourth-order valence-electron chi connectivity index (χ4n) is 2.75. The molecular formula is C20H19FN2O4S2. The first-order valence-corrected chi connectivity index (χ1v) is 11.7. The lowest BCUT2D eigenvalue weighted by atomic mass is 10.2. The van der Waals surface area contributed by atoms with Crippen molar-refractivity contribution in [2.24, 2.45) is 0 Å². The molecule has 1 atom stereocenters. The summed E-state index contributed by atoms with van der Waals surface area (Å²) in [6.45, 7) is 1.44. The number of benzene rings is 2. The molecule has 0 aliphatic carbocycles. The second-order valence-corrected chi connectivity index (χ2v) is 10.3. The summed E-state index contributed by atoms with van der Waals surface area (Å²) in [4.78, 5) is 3.88. The molecule has 0 aliphatic rings. The maximum absolute atomic E-state index is 13.2. The first kappa shape index (κ1) is 21.1. The van der Waals surface area contributed by atoms with Crippen molar-refractivity contribution < 1.29 is 21.2 Å². The highest BCUT2D eigenvalue weighted by molar-refractivity contribution is 7.92. The van der Waals surface area contributed by atoms with Crippen LogP contribution in [0.15, 0.2) is 82.8 Å². The molecule has 2 aromatic carbocycles. The van der Waals surface area contributed by atoms with Gasteiger partial charge in [-0.25, -0.2) is 25.9 Å². The van der Waals surface area contributed by atoms with Crippen LogP contribution in [0.2, 0.25) is 0 Å². The van der Waals surface area contributed by atoms with Gasteiger partial charge < -0.3 is 0 Å². The number of nitrogens with zero attached hydrogens (tertiary/aromatic N) is 1. The van der Waals surface area contributed by atoms with E-state index in [9.17, 15) is 21.2 Å². The number of nitrogens with one attached hydrogen (secondary N) is 1. The van der Waals surface area contributed by atoms with E-state index in [0.717, 1.165) is 29.8 Å². The predicted octanol–water partition coefficient (Wildman–Crippen LogP) is 3.02. The summed E-state index contributed by atoms with van der Waals surface area (Å²) in [5.74, 6) is -0.570. The van der Waals surface area contributed by atoms with Crippen molar-refractivity contribution in [3.8, 4) is 0 Å². The Bertz CT molecular complexity index is 1180. The van der Waals surface area contributed by atoms with E-state index in [1.54, 1.807) is 24.3 Å². The molecule has 1 unspecified atom stereocenters. The van der Waals surface area contributed by atoms with E-state index in [1.165, 1.54) is 24.5 Å². The van der Waals surface area contributed by atoms with Crippen molar-refractivity contribution >= 4 is 19.9 Å². The third-order valence-electron chi connectivity index (χ3n) is 4.36. The molecule has 0 saturated carbocycles. The van der Waals surface area contributed by atoms with Gasteiger partial charge in [0.05, 0.1) is 9.79 Å². The summed E-state index contributed by atoms with van der Waals surface area (Å²) >= 11 is 0. The van der Waals surface area contributed by atoms with Crippen molar-refractivity contribution in [1.29, 1.82) is 0 Å². The summed E-state index contributed by atoms with van der Waals surface area (Å²) in [5.41, 5.74) is 1.26. The normalized spacial score (nSPS) is 13.2. The van der Waals surface area contributed by atoms with Crippen molar-refractivity contribution in [3.05, 3.63) is 90.0 Å². The molecule has 3 aromatic rings. The molecule has 0 aliphatic heterocycles. The van der Waals surface area contributed by atoms with Gasteiger partial charge in [0.2, 0.25) is 10.0 Å². The Morgan fingerprint density at radius 1 is 0.931 bits per heavy atom. The van der Waals surface area contributed by atoms with Crippen LogP contribution >= 0.6 is 0 Å². The molecular weight excluding hydrogens is 415 g/mol. The molecule has 0 bridgehead atoms. The minimum atomic E-state index is -4.03. The number of hydrogen-bond donors (Lipinski definition) is 1. The number of rotatable bonds is 7. The van der Waals surface area contributed by atoms with Gasteiger partial charge >= 0.3 is 0 Å². The third kappa shape index (κ3) is 4.87. The maximum atomic E-state index is 13.2. The van der Waals surface area contributed by atoms with Crippen LogP contribution in [-0.4, -0.2) is 28.4 Å². The second kappa shape index (κ2) is 8.40. The minimum Gasteiger partial charge on any atom is -0.264 e. The van der Waals surface area contributed by atoms with E-state index in [4.69, 9.17) is 0 Å². The van der Waals surface area contributed by atoms with E-state index in [-0.39, 0.29) is 9.79 Å². The average molecular weight is 435 g/mol. The van der Waals surface area contributed by atoms with Crippen LogP contribution in [0.1, 0.15) is 16.4 Å². The molecule has 0 saturated heterocycles. The fourth-order valence-corrected chi connectivity index (χ4v) is 5.54. The largest absolute Gasteiger partial charge is 0.264 e. The summed E-state index contributed by atoms with van der Waals surface area (Å²) < 4.78 is 67.0. The zero-order chi connectivity index (χ0) is 21.1. The smallest absolute Gasteiger partial charge is 0.240 e. The number of hydrogen-bond acceptors (Lipinski definition) is 5. The van der Waals surface area contributed by atoms with Gasteiger partial charge in [0.15, 0.2) is 9.84 Å². The van der Waals surface area contributed by atoms with Crippen LogP contribution in [0.25, 0.3) is 0 Å². The standard InChI is InChI=1S/C20H19FN2O4S2/c1-15-4-8-18(9-5-15)28(24,25)20(16-3-2-12-22-13-16)14-23-29(26,27)19-10-6-17(21)7-11-19/h2-13,20,23H,14H2,1H3. The van der Waals surface area contributed by atoms with Gasteiger partial charge in [0, 0.05) is 18.9 Å². The number of sulfonamides is 1. The Balaban J connectivity index is 1.95. The van der Waals surface area contributed by atoms with Crippen molar-refractivity contribution in [1.82, 2.24) is 9.71 Å². The van der Waals surface area contributed by atoms with Gasteiger partial charge in [0.1, 0.15) is 11.1 Å². The number of sulfone groups is 1. The lowest BCUT2D eigenvalue weighted by molar-refractivity contribution is 0.568. The summed E-state index contributed by atoms with van der Waals surface area (Å²) in [7, 11) is -7.94. The van der Waals surface area contributed by atoms with Gasteiger partial charge in [-0.1, -0.05) is 23.8 Å². The maximum Gasteiger partial charge on any atom is 0.240 e. The molecule has 0 spiro atoms. The highest BCUT2D eigenvalue weighted by atomic mass is 32.2. The molecule has 9 heteroatoms. The number of pyridine rings is 1. The van der Waals surface area contributed by atoms with E-state index in [2.05, 4.69) is 9.71 Å². The van der Waals surface area contributed by atoms with E-state index < -0.39 is 37.5 Å². The van der Waals surface area contributed by atoms with Gasteiger partial charge in [-0.3, -0.25) is 4.98 Å². The van der Waals surface area contributed by atoms with E-state index in [0.29, 0.717) is 5.56 Å². The van der Waals surface area contributed by atoms with Gasteiger partial charge in [0.25, 0.3) is 0 Å². The minimum absolute atomic E-state index is 0.0814. The Morgan fingerprint density at radius 2 is 1.55 bits per heavy atom. The SMILES string of the molecule is Cc1ccc(S(=O)(=O)C(CNS(=O)(=O)c2ccc(F)cc2)c2cccnc2)cc1. The highest BCUT2D eigenvalue weighted by Crippen LogP contribution is 2.28. The summed E-state index contributed by atoms with van der Waals surface area (Å²) in [6.07, 6.45) is 2.89. The quantitative estimate of drug-likeness (QED) is 0.617. The molecule has 1 heterocycles. The van der Waals surface area contributed by atoms with Crippen molar-refractivity contribution in [3.63, 3.8) is 0 Å². The van der Waals surface area contributed by atoms with Crippen LogP contribution in [0.4, 0.5) is 4.39 Å². The second-order valence-electron chi connectivity index (χ2n) is 6.44. The monoisotopic (exact) mass is 434 g/mol. The average Bonchev–Trinajstić information content (AvgIpc) is 2.69. The molecule has 152 valence electrons. The lowest BCUT2D eigenvalue weighted by Gasteiger charge is -2.19. The zero-order valence-corrected chi connectivity index (χ0v) is 17.1. The Morgan fingerprint density at radius 3 is 2.14 bits per heavy atom. The predicted molar refractivity (Wildman–Crippen MR) is 107 cm³/mol. The Labute approximate surface area is 169 Å². The van der Waals surface area contributed by atoms with Gasteiger partial charge in [-0.2, -0.15) is 0 Å². The molecule has 3 rings (SSSR count). The topological polar surface area (TPSA) is 93.2 Å². The molecule has 1 aromatic heterocycles. The van der Waals surface area contributed by atoms with Crippen LogP contribution < -0.4 is 4.72 Å². The van der Waals surface area contributed by atoms with Crippen LogP contribution in [0.3, 0.4) is 0 Å². The summed E-state index contributed by atoms with van der Waals surface area (Å²) in [6, 6.07) is 13.8. The number of aryl methyl sites for hydroxylation is 1. The lowest BCUT2D eigenvalue weighted by Crippen LogP contribution is -2.32. The van der Waals surface area contributed by atoms with Crippen LogP contribution in [0, 0.1) is 12.7 Å². The zero-order valence-electron chi connectivity index (χ0n) is 15.5. The number of halogens is 1. The van der Waals surface area contributed by atoms with Crippen LogP contribution in [0.5, 0.6) is 0 Å². The first-order chi connectivity index (χ1) is 13.7. The molecule has 29 heavy (non-hydrogen) atoms. The van der Waals surface area contributed by atoms with Crippen molar-refractivity contribution in [2.75, 3.05) is 6.54 Å². The summed E-state index contributed by atoms with van der Waals surface area (Å²) in [5, 5.41) is -1.19.